The highest BCUT2D eigenvalue weighted by atomic mass is 35.5. The lowest BCUT2D eigenvalue weighted by Gasteiger charge is -2.33. The number of pyridine rings is 1. The Labute approximate surface area is 302 Å². The third-order valence-electron chi connectivity index (χ3n) is 8.33. The molecule has 0 bridgehead atoms. The van der Waals surface area contributed by atoms with Crippen LogP contribution in [0.4, 0.5) is 24.7 Å². The van der Waals surface area contributed by atoms with Gasteiger partial charge in [-0.15, -0.1) is 0 Å². The number of hydrogen-bond acceptors (Lipinski definition) is 10. The Hall–Kier alpha value is -5.09. The first-order chi connectivity index (χ1) is 24.5. The summed E-state index contributed by atoms with van der Waals surface area (Å²) in [6.07, 6.45) is -3.17. The van der Waals surface area contributed by atoms with Crippen molar-refractivity contribution in [2.24, 2.45) is 5.92 Å². The lowest BCUT2D eigenvalue weighted by molar-refractivity contribution is -0.192. The van der Waals surface area contributed by atoms with Gasteiger partial charge in [0.15, 0.2) is 9.84 Å². The highest BCUT2D eigenvalue weighted by molar-refractivity contribution is 7.91. The Bertz CT molecular complexity index is 2070. The highest BCUT2D eigenvalue weighted by Gasteiger charge is 2.46. The molecule has 0 aliphatic carbocycles. The number of amides is 1. The van der Waals surface area contributed by atoms with Crippen molar-refractivity contribution in [1.82, 2.24) is 9.88 Å². The second kappa shape index (κ2) is 16.5. The average molecular weight is 765 g/mol. The van der Waals surface area contributed by atoms with Crippen LogP contribution in [0, 0.1) is 5.92 Å². The summed E-state index contributed by atoms with van der Waals surface area (Å²) >= 11 is 6.34. The van der Waals surface area contributed by atoms with Crippen molar-refractivity contribution in [3.63, 3.8) is 0 Å². The fourth-order valence-electron chi connectivity index (χ4n) is 5.85. The number of alkyl halides is 3. The summed E-state index contributed by atoms with van der Waals surface area (Å²) in [5.74, 6) is -3.74. The molecular weight excluding hydrogens is 729 g/mol. The van der Waals surface area contributed by atoms with Crippen LogP contribution < -0.4 is 15.8 Å². The Morgan fingerprint density at radius 1 is 1.10 bits per heavy atom. The number of aliphatic carboxylic acids is 1. The molecule has 12 nitrogen and oxygen atoms in total. The number of sulfone groups is 1. The number of nitrogens with two attached hydrogens (primary N) is 1. The summed E-state index contributed by atoms with van der Waals surface area (Å²) in [5, 5.41) is 12.5. The van der Waals surface area contributed by atoms with Gasteiger partial charge in [-0.3, -0.25) is 9.59 Å². The molecule has 1 amide bonds. The Morgan fingerprint density at radius 3 is 2.42 bits per heavy atom. The first-order valence-electron chi connectivity index (χ1n) is 15.9. The molecule has 3 aromatic carbocycles. The molecule has 1 aliphatic heterocycles. The van der Waals surface area contributed by atoms with Crippen LogP contribution in [-0.2, 0) is 29.0 Å². The lowest BCUT2D eigenvalue weighted by Crippen LogP contribution is -2.40. The normalized spacial score (nSPS) is 16.4. The summed E-state index contributed by atoms with van der Waals surface area (Å²) in [6, 6.07) is 17.1. The Balaban J connectivity index is 0.000000785. The van der Waals surface area contributed by atoms with Gasteiger partial charge >= 0.3 is 18.1 Å². The molecule has 1 fully saturated rings. The van der Waals surface area contributed by atoms with Crippen LogP contribution in [0.2, 0.25) is 5.02 Å². The number of aromatic nitrogens is 1. The number of hydrogen-bond donors (Lipinski definition) is 3. The third-order valence-corrected chi connectivity index (χ3v) is 10.4. The predicted molar refractivity (Wildman–Crippen MR) is 188 cm³/mol. The van der Waals surface area contributed by atoms with Gasteiger partial charge in [-0.25, -0.2) is 18.2 Å². The van der Waals surface area contributed by atoms with E-state index in [1.165, 1.54) is 13.2 Å². The fourth-order valence-corrected chi connectivity index (χ4v) is 7.19. The second-order valence-electron chi connectivity index (χ2n) is 11.5. The molecule has 4 N–H and O–H groups in total. The molecule has 1 saturated heterocycles. The molecule has 0 radical (unpaired) electrons. The quantitative estimate of drug-likeness (QED) is 0.156. The van der Waals surface area contributed by atoms with Crippen LogP contribution in [-0.4, -0.2) is 73.4 Å². The van der Waals surface area contributed by atoms with E-state index in [4.69, 9.17) is 36.7 Å². The summed E-state index contributed by atoms with van der Waals surface area (Å²) in [4.78, 5) is 42.7. The second-order valence-corrected chi connectivity index (χ2v) is 14.1. The van der Waals surface area contributed by atoms with Crippen molar-refractivity contribution >= 4 is 61.6 Å². The maximum Gasteiger partial charge on any atom is 0.490 e. The van der Waals surface area contributed by atoms with E-state index >= 15 is 0 Å². The van der Waals surface area contributed by atoms with E-state index in [0.717, 1.165) is 10.8 Å². The van der Waals surface area contributed by atoms with Crippen LogP contribution in [0.15, 0.2) is 77.8 Å². The zero-order chi connectivity index (χ0) is 38.4. The van der Waals surface area contributed by atoms with Crippen LogP contribution in [0.3, 0.4) is 0 Å². The minimum atomic E-state index is -5.08. The molecule has 5 rings (SSSR count). The molecule has 3 atom stereocenters. The van der Waals surface area contributed by atoms with Crippen molar-refractivity contribution < 1.29 is 50.6 Å². The van der Waals surface area contributed by atoms with E-state index in [9.17, 15) is 31.2 Å². The lowest BCUT2D eigenvalue weighted by atomic mass is 9.93. The summed E-state index contributed by atoms with van der Waals surface area (Å²) in [7, 11) is -2.20. The van der Waals surface area contributed by atoms with E-state index in [-0.39, 0.29) is 29.7 Å². The van der Waals surface area contributed by atoms with Crippen molar-refractivity contribution in [1.29, 1.82) is 0 Å². The summed E-state index contributed by atoms with van der Waals surface area (Å²) < 4.78 is 69.0. The van der Waals surface area contributed by atoms with E-state index in [1.807, 2.05) is 18.2 Å². The van der Waals surface area contributed by atoms with Gasteiger partial charge in [0.2, 0.25) is 5.91 Å². The topological polar surface area (TPSA) is 178 Å². The minimum absolute atomic E-state index is 0.0879. The van der Waals surface area contributed by atoms with Crippen molar-refractivity contribution in [3.05, 3.63) is 89.1 Å². The molecule has 1 aromatic heterocycles. The zero-order valence-corrected chi connectivity index (χ0v) is 29.8. The Morgan fingerprint density at radius 2 is 1.79 bits per heavy atom. The third kappa shape index (κ3) is 8.85. The molecular formula is C35H36ClF3N4O8S. The molecule has 2 heterocycles. The first-order valence-corrected chi connectivity index (χ1v) is 17.9. The number of methoxy groups -OCH3 is 1. The number of nitrogen functional groups attached to an aromatic ring is 1. The number of halogens is 4. The van der Waals surface area contributed by atoms with Gasteiger partial charge in [0, 0.05) is 23.8 Å². The number of fused-ring (bicyclic) bond motifs is 1. The van der Waals surface area contributed by atoms with Crippen molar-refractivity contribution in [3.8, 4) is 5.75 Å². The largest absolute Gasteiger partial charge is 0.495 e. The van der Waals surface area contributed by atoms with E-state index in [2.05, 4.69) is 10.3 Å². The number of likely N-dealkylation sites (tertiary alicyclic amines) is 1. The first kappa shape index (κ1) is 39.7. The molecule has 0 spiro atoms. The zero-order valence-electron chi connectivity index (χ0n) is 28.2. The molecule has 52 heavy (non-hydrogen) atoms. The average Bonchev–Trinajstić information content (AvgIpc) is 3.56. The van der Waals surface area contributed by atoms with Crippen LogP contribution in [0.25, 0.3) is 10.8 Å². The highest BCUT2D eigenvalue weighted by Crippen LogP contribution is 2.43. The standard InChI is InChI=1S/C33H35ClN4O6S.C2HF3O2/c1-4-44-33(40)25-15-17-38(30(25)24-8-6-7-9-28(24)45(41,42)5-2)32(39)29(21-10-13-26(34)27(19-21)43-3)37-22-11-12-23-20(18-22)14-16-36-31(23)35;3-2(4,5)1(6)7/h6-14,16,18-19,25,29-30,37H,4-5,15,17H2,1-3H3,(H2,35,36);(H,6,7)/t25-,29-,30-;/m0./s1. The SMILES string of the molecule is CCOC(=O)[C@H]1CCN(C(=O)[C@@H](Nc2ccc3c(N)nccc3c2)c2ccc(Cl)c(OC)c2)[C@H]1c1ccccc1S(=O)(=O)CC.O=C(O)C(F)(F)F. The fraction of sp³-hybridized carbons (Fsp3) is 0.314. The molecule has 1 aliphatic rings. The van der Waals surface area contributed by atoms with E-state index in [1.54, 1.807) is 67.4 Å². The van der Waals surface area contributed by atoms with Gasteiger partial charge in [-0.1, -0.05) is 42.8 Å². The van der Waals surface area contributed by atoms with Crippen LogP contribution in [0.5, 0.6) is 5.75 Å². The molecule has 0 unspecified atom stereocenters. The molecule has 4 aromatic rings. The number of carboxylic acid groups (broad SMARTS) is 1. The molecule has 0 saturated carbocycles. The number of anilines is 2. The van der Waals surface area contributed by atoms with Crippen molar-refractivity contribution in [2.75, 3.05) is 37.1 Å². The van der Waals surface area contributed by atoms with Gasteiger partial charge in [0.05, 0.1) is 41.3 Å². The van der Waals surface area contributed by atoms with Crippen LogP contribution in [0.1, 0.15) is 43.5 Å². The number of nitrogens with zero attached hydrogens (tertiary/aromatic N) is 2. The maximum absolute atomic E-state index is 14.8. The number of benzene rings is 3. The number of esters is 1. The van der Waals surface area contributed by atoms with Gasteiger partial charge in [0.25, 0.3) is 0 Å². The number of ether oxygens (including phenoxy) is 2. The smallest absolute Gasteiger partial charge is 0.490 e. The number of carbonyl (C=O) groups excluding carboxylic acids is 2. The van der Waals surface area contributed by atoms with Gasteiger partial charge < -0.3 is 30.5 Å². The minimum Gasteiger partial charge on any atom is -0.495 e. The van der Waals surface area contributed by atoms with Gasteiger partial charge in [-0.05, 0) is 72.3 Å². The number of rotatable bonds is 10. The Kier molecular flexibility index (Phi) is 12.6. The number of carboxylic acids is 1. The number of carbonyl (C=O) groups is 3. The van der Waals surface area contributed by atoms with Crippen molar-refractivity contribution in [2.45, 2.75) is 43.4 Å². The molecule has 278 valence electrons. The maximum atomic E-state index is 14.8. The number of nitrogens with one attached hydrogen (secondary N) is 1. The summed E-state index contributed by atoms with van der Waals surface area (Å²) in [6.45, 7) is 3.63. The predicted octanol–water partition coefficient (Wildman–Crippen LogP) is 6.21. The van der Waals surface area contributed by atoms with Gasteiger partial charge in [0.1, 0.15) is 17.6 Å². The van der Waals surface area contributed by atoms with Crippen LogP contribution >= 0.6 is 11.6 Å². The molecule has 17 heteroatoms. The van der Waals surface area contributed by atoms with E-state index < -0.39 is 46.0 Å². The van der Waals surface area contributed by atoms with E-state index in [0.29, 0.717) is 39.8 Å². The van der Waals surface area contributed by atoms with Gasteiger partial charge in [-0.2, -0.15) is 13.2 Å². The summed E-state index contributed by atoms with van der Waals surface area (Å²) in [5.41, 5.74) is 7.63. The monoisotopic (exact) mass is 764 g/mol.